The second-order valence-electron chi connectivity index (χ2n) is 5.68. The lowest BCUT2D eigenvalue weighted by Gasteiger charge is -2.52. The topological polar surface area (TPSA) is 61.9 Å². The van der Waals surface area contributed by atoms with Gasteiger partial charge < -0.3 is 15.0 Å². The lowest BCUT2D eigenvalue weighted by Crippen LogP contribution is -2.70. The smallest absolute Gasteiger partial charge is 0.327 e. The minimum atomic E-state index is -0.411. The van der Waals surface area contributed by atoms with Crippen molar-refractivity contribution in [1.82, 2.24) is 15.1 Å². The molecule has 1 spiro atoms. The Morgan fingerprint density at radius 3 is 2.52 bits per heavy atom. The van der Waals surface area contributed by atoms with Crippen LogP contribution < -0.4 is 5.32 Å². The van der Waals surface area contributed by atoms with Crippen LogP contribution in [-0.2, 0) is 9.53 Å². The third-order valence-corrected chi connectivity index (χ3v) is 4.48. The van der Waals surface area contributed by atoms with Crippen molar-refractivity contribution in [3.8, 4) is 0 Å². The van der Waals surface area contributed by atoms with Crippen LogP contribution in [0.1, 0.15) is 11.6 Å². The molecule has 0 saturated carbocycles. The Bertz CT molecular complexity index is 555. The standard InChI is InChI=1S/C15H19N3O3/c1-17-14(20)16-8-15(17)9-18(10-15)12(13(19)21-2)11-6-4-3-5-7-11/h3-7,12H,8-10H2,1-2H3,(H,16,20). The first-order valence-electron chi connectivity index (χ1n) is 6.96. The number of nitrogens with one attached hydrogen (secondary N) is 1. The van der Waals surface area contributed by atoms with Gasteiger partial charge in [0, 0.05) is 26.7 Å². The van der Waals surface area contributed by atoms with E-state index in [0.717, 1.165) is 5.56 Å². The second kappa shape index (κ2) is 5.04. The Morgan fingerprint density at radius 1 is 1.33 bits per heavy atom. The van der Waals surface area contributed by atoms with Gasteiger partial charge in [0.25, 0.3) is 0 Å². The van der Waals surface area contributed by atoms with Gasteiger partial charge in [-0.15, -0.1) is 0 Å². The summed E-state index contributed by atoms with van der Waals surface area (Å²) in [5.74, 6) is -0.268. The highest BCUT2D eigenvalue weighted by atomic mass is 16.5. The summed E-state index contributed by atoms with van der Waals surface area (Å²) < 4.78 is 4.95. The zero-order valence-corrected chi connectivity index (χ0v) is 12.2. The first-order chi connectivity index (χ1) is 10.1. The number of carbonyl (C=O) groups excluding carboxylic acids is 2. The predicted molar refractivity (Wildman–Crippen MR) is 76.7 cm³/mol. The fourth-order valence-electron chi connectivity index (χ4n) is 3.15. The molecule has 1 aromatic rings. The van der Waals surface area contributed by atoms with E-state index >= 15 is 0 Å². The average molecular weight is 289 g/mol. The highest BCUT2D eigenvalue weighted by Gasteiger charge is 2.54. The maximum Gasteiger partial charge on any atom is 0.327 e. The molecule has 0 radical (unpaired) electrons. The first kappa shape index (κ1) is 13.9. The highest BCUT2D eigenvalue weighted by molar-refractivity contribution is 5.79. The molecule has 2 aliphatic heterocycles. The Kier molecular flexibility index (Phi) is 3.33. The van der Waals surface area contributed by atoms with Gasteiger partial charge in [-0.2, -0.15) is 0 Å². The van der Waals surface area contributed by atoms with Gasteiger partial charge in [0.05, 0.1) is 12.6 Å². The van der Waals surface area contributed by atoms with Gasteiger partial charge in [-0.3, -0.25) is 4.90 Å². The molecule has 3 rings (SSSR count). The van der Waals surface area contributed by atoms with E-state index in [0.29, 0.717) is 19.6 Å². The number of rotatable bonds is 3. The Hall–Kier alpha value is -2.08. The summed E-state index contributed by atoms with van der Waals surface area (Å²) in [7, 11) is 3.20. The van der Waals surface area contributed by atoms with Crippen LogP contribution in [0.5, 0.6) is 0 Å². The summed E-state index contributed by atoms with van der Waals surface area (Å²) in [5.41, 5.74) is 0.720. The molecule has 0 aliphatic carbocycles. The maximum atomic E-state index is 12.1. The molecule has 2 amide bonds. The molecule has 6 nitrogen and oxygen atoms in total. The lowest BCUT2D eigenvalue weighted by molar-refractivity contribution is -0.152. The summed E-state index contributed by atoms with van der Waals surface area (Å²) in [6, 6.07) is 9.13. The lowest BCUT2D eigenvalue weighted by atomic mass is 9.86. The van der Waals surface area contributed by atoms with E-state index in [-0.39, 0.29) is 17.5 Å². The van der Waals surface area contributed by atoms with Gasteiger partial charge in [-0.05, 0) is 5.56 Å². The number of benzene rings is 1. The molecule has 112 valence electrons. The summed E-state index contributed by atoms with van der Waals surface area (Å²) in [5, 5.41) is 2.85. The van der Waals surface area contributed by atoms with Crippen LogP contribution >= 0.6 is 0 Å². The molecule has 2 heterocycles. The number of amides is 2. The van der Waals surface area contributed by atoms with E-state index in [1.165, 1.54) is 7.11 Å². The van der Waals surface area contributed by atoms with E-state index in [1.54, 1.807) is 11.9 Å². The van der Waals surface area contributed by atoms with Crippen LogP contribution in [0.4, 0.5) is 4.79 Å². The molecule has 1 unspecified atom stereocenters. The van der Waals surface area contributed by atoms with E-state index in [1.807, 2.05) is 30.3 Å². The van der Waals surface area contributed by atoms with Gasteiger partial charge >= 0.3 is 12.0 Å². The third-order valence-electron chi connectivity index (χ3n) is 4.48. The van der Waals surface area contributed by atoms with Crippen molar-refractivity contribution in [2.75, 3.05) is 33.8 Å². The van der Waals surface area contributed by atoms with Crippen LogP contribution in [0.2, 0.25) is 0 Å². The van der Waals surface area contributed by atoms with Crippen molar-refractivity contribution in [2.24, 2.45) is 0 Å². The Morgan fingerprint density at radius 2 is 2.00 bits per heavy atom. The van der Waals surface area contributed by atoms with Crippen molar-refractivity contribution in [3.63, 3.8) is 0 Å². The summed E-state index contributed by atoms with van der Waals surface area (Å²) in [4.78, 5) is 27.6. The molecule has 21 heavy (non-hydrogen) atoms. The molecular weight excluding hydrogens is 270 g/mol. The number of hydrogen-bond acceptors (Lipinski definition) is 4. The van der Waals surface area contributed by atoms with Crippen LogP contribution in [-0.4, -0.2) is 61.1 Å². The summed E-state index contributed by atoms with van der Waals surface area (Å²) in [6.07, 6.45) is 0. The van der Waals surface area contributed by atoms with E-state index in [4.69, 9.17) is 4.74 Å². The number of likely N-dealkylation sites (N-methyl/N-ethyl adjacent to an activating group) is 1. The van der Waals surface area contributed by atoms with Gasteiger partial charge in [0.1, 0.15) is 6.04 Å². The summed E-state index contributed by atoms with van der Waals surface area (Å²) in [6.45, 7) is 1.95. The zero-order chi connectivity index (χ0) is 15.0. The number of esters is 1. The maximum absolute atomic E-state index is 12.1. The van der Waals surface area contributed by atoms with Crippen LogP contribution in [0, 0.1) is 0 Å². The summed E-state index contributed by atoms with van der Waals surface area (Å²) >= 11 is 0. The van der Waals surface area contributed by atoms with Crippen molar-refractivity contribution in [1.29, 1.82) is 0 Å². The molecule has 1 N–H and O–H groups in total. The number of hydrogen-bond donors (Lipinski definition) is 1. The van der Waals surface area contributed by atoms with Gasteiger partial charge in [0.2, 0.25) is 0 Å². The molecule has 2 fully saturated rings. The minimum Gasteiger partial charge on any atom is -0.468 e. The van der Waals surface area contributed by atoms with Crippen molar-refractivity contribution >= 4 is 12.0 Å². The number of likely N-dealkylation sites (tertiary alicyclic amines) is 1. The van der Waals surface area contributed by atoms with Crippen molar-refractivity contribution in [2.45, 2.75) is 11.6 Å². The molecule has 0 bridgehead atoms. The van der Waals surface area contributed by atoms with Gasteiger partial charge in [-0.1, -0.05) is 30.3 Å². The Balaban J connectivity index is 1.79. The molecule has 2 saturated heterocycles. The first-order valence-corrected chi connectivity index (χ1v) is 6.96. The quantitative estimate of drug-likeness (QED) is 0.828. The molecule has 1 atom stereocenters. The largest absolute Gasteiger partial charge is 0.468 e. The predicted octanol–water partition coefficient (Wildman–Crippen LogP) is 0.610. The fourth-order valence-corrected chi connectivity index (χ4v) is 3.15. The number of ether oxygens (including phenoxy) is 1. The SMILES string of the molecule is COC(=O)C(c1ccccc1)N1CC2(CNC(=O)N2C)C1. The van der Waals surface area contributed by atoms with E-state index in [2.05, 4.69) is 10.2 Å². The van der Waals surface area contributed by atoms with Crippen molar-refractivity contribution in [3.05, 3.63) is 35.9 Å². The molecule has 6 heteroatoms. The minimum absolute atomic E-state index is 0.0519. The molecular formula is C15H19N3O3. The van der Waals surface area contributed by atoms with Crippen LogP contribution in [0.25, 0.3) is 0 Å². The van der Waals surface area contributed by atoms with Gasteiger partial charge in [-0.25, -0.2) is 9.59 Å². The fraction of sp³-hybridized carbons (Fsp3) is 0.467. The van der Waals surface area contributed by atoms with Gasteiger partial charge in [0.15, 0.2) is 0 Å². The number of urea groups is 1. The third kappa shape index (κ3) is 2.15. The molecule has 1 aromatic carbocycles. The van der Waals surface area contributed by atoms with E-state index < -0.39 is 6.04 Å². The van der Waals surface area contributed by atoms with E-state index in [9.17, 15) is 9.59 Å². The average Bonchev–Trinajstić information content (AvgIpc) is 2.77. The monoisotopic (exact) mass is 289 g/mol. The normalized spacial score (nSPS) is 21.8. The highest BCUT2D eigenvalue weighted by Crippen LogP contribution is 2.36. The Labute approximate surface area is 123 Å². The number of carbonyl (C=O) groups is 2. The second-order valence-corrected chi connectivity index (χ2v) is 5.68. The van der Waals surface area contributed by atoms with Crippen LogP contribution in [0.3, 0.4) is 0 Å². The molecule has 2 aliphatic rings. The van der Waals surface area contributed by atoms with Crippen molar-refractivity contribution < 1.29 is 14.3 Å². The van der Waals surface area contributed by atoms with Crippen LogP contribution in [0.15, 0.2) is 30.3 Å². The molecule has 0 aromatic heterocycles. The zero-order valence-electron chi connectivity index (χ0n) is 12.2. The number of methoxy groups -OCH3 is 1. The number of nitrogens with zero attached hydrogens (tertiary/aromatic N) is 2.